The normalized spacial score (nSPS) is 10.9. The third-order valence-electron chi connectivity index (χ3n) is 2.79. The van der Waals surface area contributed by atoms with E-state index in [-0.39, 0.29) is 5.91 Å². The fraction of sp³-hybridized carbons (Fsp3) is 0. The highest BCUT2D eigenvalue weighted by atomic mass is 16.3. The number of rotatable bonds is 4. The third kappa shape index (κ3) is 3.06. The van der Waals surface area contributed by atoms with Gasteiger partial charge < -0.3 is 4.42 Å². The van der Waals surface area contributed by atoms with Gasteiger partial charge in [-0.2, -0.15) is 10.2 Å². The lowest BCUT2D eigenvalue weighted by molar-refractivity contribution is 0.0950. The smallest absolute Gasteiger partial charge is 0.289 e. The van der Waals surface area contributed by atoms with E-state index in [2.05, 4.69) is 20.7 Å². The van der Waals surface area contributed by atoms with E-state index in [9.17, 15) is 4.79 Å². The summed E-state index contributed by atoms with van der Waals surface area (Å²) in [6.07, 6.45) is 2.95. The summed E-state index contributed by atoms with van der Waals surface area (Å²) in [7, 11) is 0. The van der Waals surface area contributed by atoms with Gasteiger partial charge in [-0.25, -0.2) is 5.43 Å². The number of aromatic nitrogens is 2. The number of H-pyrrole nitrogens is 1. The number of furan rings is 1. The highest BCUT2D eigenvalue weighted by molar-refractivity contribution is 5.93. The number of nitrogens with zero attached hydrogens (tertiary/aromatic N) is 2. The molecule has 0 saturated heterocycles. The van der Waals surface area contributed by atoms with Crippen LogP contribution in [0.3, 0.4) is 0 Å². The van der Waals surface area contributed by atoms with Crippen molar-refractivity contribution in [2.45, 2.75) is 0 Å². The Morgan fingerprint density at radius 2 is 2.10 bits per heavy atom. The Morgan fingerprint density at radius 1 is 1.24 bits per heavy atom. The molecule has 3 aromatic rings. The zero-order valence-electron chi connectivity index (χ0n) is 11.0. The topological polar surface area (TPSA) is 83.3 Å². The van der Waals surface area contributed by atoms with Crippen LogP contribution in [0.25, 0.3) is 11.3 Å². The molecule has 2 N–H and O–H groups in total. The molecule has 0 fully saturated rings. The lowest BCUT2D eigenvalue weighted by Gasteiger charge is -1.94. The van der Waals surface area contributed by atoms with Gasteiger partial charge in [0.15, 0.2) is 0 Å². The van der Waals surface area contributed by atoms with Crippen LogP contribution in [0.2, 0.25) is 0 Å². The summed E-state index contributed by atoms with van der Waals surface area (Å²) >= 11 is 0. The summed E-state index contributed by atoms with van der Waals surface area (Å²) in [4.78, 5) is 11.9. The van der Waals surface area contributed by atoms with Crippen molar-refractivity contribution in [3.8, 4) is 11.3 Å². The first kappa shape index (κ1) is 12.9. The summed E-state index contributed by atoms with van der Waals surface area (Å²) in [6, 6.07) is 14.7. The number of hydrazone groups is 1. The molecule has 2 aromatic heterocycles. The van der Waals surface area contributed by atoms with Crippen LogP contribution in [-0.4, -0.2) is 22.3 Å². The Morgan fingerprint density at radius 3 is 2.86 bits per heavy atom. The van der Waals surface area contributed by atoms with E-state index >= 15 is 0 Å². The van der Waals surface area contributed by atoms with Crippen LogP contribution in [0.4, 0.5) is 0 Å². The Hall–Kier alpha value is -3.15. The number of carbonyl (C=O) groups excluding carboxylic acids is 1. The van der Waals surface area contributed by atoms with Gasteiger partial charge in [-0.1, -0.05) is 30.3 Å². The molecule has 0 aliphatic carbocycles. The molecule has 0 bridgehead atoms. The molecule has 0 atom stereocenters. The first-order valence-corrected chi connectivity index (χ1v) is 6.31. The fourth-order valence-corrected chi connectivity index (χ4v) is 1.77. The molecule has 0 aliphatic heterocycles. The second-order valence-corrected chi connectivity index (χ2v) is 4.25. The van der Waals surface area contributed by atoms with Gasteiger partial charge in [0.2, 0.25) is 0 Å². The summed E-state index contributed by atoms with van der Waals surface area (Å²) in [5.41, 5.74) is 4.38. The molecule has 104 valence electrons. The van der Waals surface area contributed by atoms with E-state index in [4.69, 9.17) is 4.42 Å². The van der Waals surface area contributed by atoms with Crippen molar-refractivity contribution in [3.63, 3.8) is 0 Å². The monoisotopic (exact) mass is 280 g/mol. The number of benzene rings is 1. The third-order valence-corrected chi connectivity index (χ3v) is 2.79. The largest absolute Gasteiger partial charge is 0.463 e. The minimum atomic E-state index is -0.368. The fourth-order valence-electron chi connectivity index (χ4n) is 1.77. The van der Waals surface area contributed by atoms with Gasteiger partial charge in [0.05, 0.1) is 18.2 Å². The zero-order valence-corrected chi connectivity index (χ0v) is 11.0. The van der Waals surface area contributed by atoms with Crippen LogP contribution in [0.1, 0.15) is 16.2 Å². The molecular weight excluding hydrogens is 268 g/mol. The van der Waals surface area contributed by atoms with Crippen molar-refractivity contribution in [1.29, 1.82) is 0 Å². The zero-order chi connectivity index (χ0) is 14.5. The summed E-state index contributed by atoms with van der Waals surface area (Å²) < 4.78 is 5.06. The average Bonchev–Trinajstić information content (AvgIpc) is 3.20. The standard InChI is InChI=1S/C15H12N4O2/c20-15(19-16-10-12-7-4-8-21-12)14-9-13(17-18-14)11-5-2-1-3-6-11/h1-10H,(H,17,18)(H,19,20)/b16-10+. The van der Waals surface area contributed by atoms with Crippen molar-refractivity contribution in [3.05, 3.63) is 66.2 Å². The molecule has 0 aliphatic rings. The van der Waals surface area contributed by atoms with E-state index < -0.39 is 0 Å². The number of aromatic amines is 1. The molecule has 21 heavy (non-hydrogen) atoms. The number of nitrogens with one attached hydrogen (secondary N) is 2. The first-order valence-electron chi connectivity index (χ1n) is 6.31. The molecule has 1 aromatic carbocycles. The van der Waals surface area contributed by atoms with Gasteiger partial charge in [-0.15, -0.1) is 0 Å². The maximum Gasteiger partial charge on any atom is 0.289 e. The van der Waals surface area contributed by atoms with Gasteiger partial charge in [0.1, 0.15) is 11.5 Å². The Kier molecular flexibility index (Phi) is 3.60. The van der Waals surface area contributed by atoms with Crippen molar-refractivity contribution in [2.24, 2.45) is 5.10 Å². The number of amides is 1. The van der Waals surface area contributed by atoms with E-state index in [0.29, 0.717) is 17.1 Å². The Balaban J connectivity index is 1.67. The summed E-state index contributed by atoms with van der Waals surface area (Å²) in [5, 5.41) is 10.6. The highest BCUT2D eigenvalue weighted by Crippen LogP contribution is 2.16. The molecule has 0 saturated carbocycles. The molecule has 6 nitrogen and oxygen atoms in total. The van der Waals surface area contributed by atoms with Crippen LogP contribution in [0.15, 0.2) is 64.3 Å². The SMILES string of the molecule is O=C(N/N=C/c1ccco1)c1cc(-c2ccccc2)n[nH]1. The molecular formula is C15H12N4O2. The Labute approximate surface area is 120 Å². The molecule has 3 rings (SSSR count). The number of hydrogen-bond donors (Lipinski definition) is 2. The van der Waals surface area contributed by atoms with Crippen molar-refractivity contribution >= 4 is 12.1 Å². The van der Waals surface area contributed by atoms with Gasteiger partial charge >= 0.3 is 0 Å². The van der Waals surface area contributed by atoms with E-state index in [1.807, 2.05) is 30.3 Å². The molecule has 0 spiro atoms. The van der Waals surface area contributed by atoms with Crippen molar-refractivity contribution in [2.75, 3.05) is 0 Å². The van der Waals surface area contributed by atoms with Gasteiger partial charge in [0.25, 0.3) is 5.91 Å². The second kappa shape index (κ2) is 5.87. The maximum absolute atomic E-state index is 11.9. The van der Waals surface area contributed by atoms with Crippen LogP contribution in [-0.2, 0) is 0 Å². The maximum atomic E-state index is 11.9. The Bertz CT molecular complexity index is 745. The van der Waals surface area contributed by atoms with Gasteiger partial charge in [-0.05, 0) is 18.2 Å². The molecule has 0 unspecified atom stereocenters. The van der Waals surface area contributed by atoms with Gasteiger partial charge in [-0.3, -0.25) is 9.89 Å². The first-order chi connectivity index (χ1) is 10.3. The van der Waals surface area contributed by atoms with E-state index in [1.165, 1.54) is 12.5 Å². The van der Waals surface area contributed by atoms with Crippen molar-refractivity contribution < 1.29 is 9.21 Å². The lowest BCUT2D eigenvalue weighted by atomic mass is 10.1. The minimum Gasteiger partial charge on any atom is -0.463 e. The summed E-state index contributed by atoms with van der Waals surface area (Å²) in [6.45, 7) is 0. The molecule has 1 amide bonds. The van der Waals surface area contributed by atoms with Crippen LogP contribution >= 0.6 is 0 Å². The molecule has 6 heteroatoms. The van der Waals surface area contributed by atoms with Crippen LogP contribution < -0.4 is 5.43 Å². The van der Waals surface area contributed by atoms with Gasteiger partial charge in [0, 0.05) is 5.56 Å². The second-order valence-electron chi connectivity index (χ2n) is 4.25. The lowest BCUT2D eigenvalue weighted by Crippen LogP contribution is -2.17. The van der Waals surface area contributed by atoms with E-state index in [1.54, 1.807) is 18.2 Å². The number of hydrogen-bond acceptors (Lipinski definition) is 4. The average molecular weight is 280 g/mol. The predicted octanol–water partition coefficient (Wildman–Crippen LogP) is 2.43. The number of carbonyl (C=O) groups is 1. The van der Waals surface area contributed by atoms with Crippen molar-refractivity contribution in [1.82, 2.24) is 15.6 Å². The summed E-state index contributed by atoms with van der Waals surface area (Å²) in [5.74, 6) is 0.192. The van der Waals surface area contributed by atoms with E-state index in [0.717, 1.165) is 5.56 Å². The highest BCUT2D eigenvalue weighted by Gasteiger charge is 2.09. The molecule has 2 heterocycles. The van der Waals surface area contributed by atoms with Crippen LogP contribution in [0.5, 0.6) is 0 Å². The quantitative estimate of drug-likeness (QED) is 0.568. The minimum absolute atomic E-state index is 0.338. The predicted molar refractivity (Wildman–Crippen MR) is 77.8 cm³/mol. The molecule has 0 radical (unpaired) electrons. The van der Waals surface area contributed by atoms with Crippen LogP contribution in [0, 0.1) is 0 Å².